The highest BCUT2D eigenvalue weighted by Gasteiger charge is 2.26. The van der Waals surface area contributed by atoms with Crippen LogP contribution in [0.3, 0.4) is 0 Å². The van der Waals surface area contributed by atoms with Crippen molar-refractivity contribution >= 4 is 0 Å². The molecule has 1 aliphatic heterocycles. The molecule has 4 atom stereocenters. The summed E-state index contributed by atoms with van der Waals surface area (Å²) in [7, 11) is 1.38. The monoisotopic (exact) mass is 428 g/mol. The highest BCUT2D eigenvalue weighted by atomic mass is 19.2. The van der Waals surface area contributed by atoms with Crippen molar-refractivity contribution in [2.24, 2.45) is 11.8 Å². The Labute approximate surface area is 182 Å². The lowest BCUT2D eigenvalue weighted by molar-refractivity contribution is -0.0709. The van der Waals surface area contributed by atoms with Gasteiger partial charge in [0.1, 0.15) is 5.76 Å². The molecule has 1 fully saturated rings. The maximum Gasteiger partial charge on any atom is 0.196 e. The second-order valence-electron chi connectivity index (χ2n) is 8.43. The molecule has 0 bridgehead atoms. The maximum absolute atomic E-state index is 14.2. The van der Waals surface area contributed by atoms with Crippen molar-refractivity contribution in [2.45, 2.75) is 91.8 Å². The first-order valence-electron chi connectivity index (χ1n) is 11.5. The lowest BCUT2D eigenvalue weighted by Crippen LogP contribution is -2.30. The Hall–Kier alpha value is -1.20. The molecule has 2 aliphatic rings. The molecule has 2 rings (SSSR count). The first-order chi connectivity index (χ1) is 14.4. The fourth-order valence-corrected chi connectivity index (χ4v) is 3.78. The van der Waals surface area contributed by atoms with Gasteiger partial charge in [0, 0.05) is 12.3 Å². The van der Waals surface area contributed by atoms with Gasteiger partial charge < -0.3 is 14.2 Å². The molecule has 0 amide bonds. The second kappa shape index (κ2) is 14.7. The molecule has 0 aromatic carbocycles. The number of methoxy groups -OCH3 is 1. The topological polar surface area (TPSA) is 27.7 Å². The number of allylic oxidation sites excluding steroid dienone is 5. The van der Waals surface area contributed by atoms with Crippen LogP contribution in [0.25, 0.3) is 0 Å². The van der Waals surface area contributed by atoms with E-state index in [4.69, 9.17) is 14.2 Å². The summed E-state index contributed by atoms with van der Waals surface area (Å²) in [5.41, 5.74) is 0.561. The van der Waals surface area contributed by atoms with Gasteiger partial charge in [0.15, 0.2) is 11.7 Å². The van der Waals surface area contributed by atoms with Crippen LogP contribution in [-0.4, -0.2) is 32.5 Å². The summed E-state index contributed by atoms with van der Waals surface area (Å²) in [5, 5.41) is 0. The summed E-state index contributed by atoms with van der Waals surface area (Å²) < 4.78 is 44.9. The molecule has 1 aliphatic carbocycles. The molecule has 4 unspecified atom stereocenters. The number of hydrogen-bond donors (Lipinski definition) is 0. The van der Waals surface area contributed by atoms with E-state index in [1.807, 2.05) is 20.8 Å². The number of hydrogen-bond acceptors (Lipinski definition) is 3. The minimum absolute atomic E-state index is 0.00674. The zero-order valence-corrected chi connectivity index (χ0v) is 19.8. The van der Waals surface area contributed by atoms with Crippen molar-refractivity contribution < 1.29 is 23.0 Å². The van der Waals surface area contributed by atoms with E-state index in [0.717, 1.165) is 32.3 Å². The fourth-order valence-electron chi connectivity index (χ4n) is 3.78. The standard InChI is InChI=1S/C22H34F2O3.C3H8/c1-5-6-17-9-10-18(27-13-17)14-26-16(3)8-7-15(2)19-11-12-20(25-4)22(24)21(19)23;1-3-2/h5-6,15-18H,7-14H2,1-4H3;3H2,1-2H3/b6-5+;. The van der Waals surface area contributed by atoms with Gasteiger partial charge >= 0.3 is 0 Å². The Kier molecular flexibility index (Phi) is 13.2. The van der Waals surface area contributed by atoms with Gasteiger partial charge in [0.05, 0.1) is 32.5 Å². The SMILES string of the molecule is C/C=C/C1CCC(COC(C)CCC(C)C2=C(F)C(F)=C(OC)CC2)OC1.CCC. The molecule has 30 heavy (non-hydrogen) atoms. The van der Waals surface area contributed by atoms with Gasteiger partial charge in [-0.1, -0.05) is 39.3 Å². The third-order valence-electron chi connectivity index (χ3n) is 5.62. The Morgan fingerprint density at radius 2 is 1.80 bits per heavy atom. The van der Waals surface area contributed by atoms with E-state index in [1.165, 1.54) is 13.5 Å². The minimum Gasteiger partial charge on any atom is -0.498 e. The van der Waals surface area contributed by atoms with Crippen molar-refractivity contribution in [1.82, 2.24) is 0 Å². The van der Waals surface area contributed by atoms with E-state index < -0.39 is 11.7 Å². The maximum atomic E-state index is 14.2. The summed E-state index contributed by atoms with van der Waals surface area (Å²) in [6, 6.07) is 0. The van der Waals surface area contributed by atoms with Crippen LogP contribution in [0.4, 0.5) is 8.78 Å². The minimum atomic E-state index is -0.833. The molecular formula is C25H42F2O3. The molecule has 0 radical (unpaired) electrons. The average Bonchev–Trinajstić information content (AvgIpc) is 2.74. The largest absolute Gasteiger partial charge is 0.498 e. The summed E-state index contributed by atoms with van der Waals surface area (Å²) in [6.07, 6.45) is 10.5. The van der Waals surface area contributed by atoms with Crippen molar-refractivity contribution in [3.8, 4) is 0 Å². The van der Waals surface area contributed by atoms with Gasteiger partial charge in [-0.25, -0.2) is 8.78 Å². The molecule has 5 heteroatoms. The number of rotatable bonds is 9. The highest BCUT2D eigenvalue weighted by Crippen LogP contribution is 2.37. The zero-order chi connectivity index (χ0) is 22.5. The Morgan fingerprint density at radius 3 is 2.37 bits per heavy atom. The molecular weight excluding hydrogens is 386 g/mol. The Morgan fingerprint density at radius 1 is 1.10 bits per heavy atom. The predicted molar refractivity (Wildman–Crippen MR) is 120 cm³/mol. The first kappa shape index (κ1) is 26.8. The summed E-state index contributed by atoms with van der Waals surface area (Å²) in [4.78, 5) is 0. The molecule has 3 nitrogen and oxygen atoms in total. The van der Waals surface area contributed by atoms with Crippen molar-refractivity contribution in [3.63, 3.8) is 0 Å². The van der Waals surface area contributed by atoms with Crippen LogP contribution >= 0.6 is 0 Å². The zero-order valence-electron chi connectivity index (χ0n) is 19.8. The first-order valence-corrected chi connectivity index (χ1v) is 11.5. The van der Waals surface area contributed by atoms with Crippen molar-refractivity contribution in [1.29, 1.82) is 0 Å². The van der Waals surface area contributed by atoms with Gasteiger partial charge in [-0.15, -0.1) is 0 Å². The third-order valence-corrected chi connectivity index (χ3v) is 5.62. The van der Waals surface area contributed by atoms with Crippen LogP contribution in [0.5, 0.6) is 0 Å². The fraction of sp³-hybridized carbons (Fsp3) is 0.760. The van der Waals surface area contributed by atoms with Gasteiger partial charge in [-0.2, -0.15) is 0 Å². The molecule has 0 N–H and O–H groups in total. The number of halogens is 2. The lowest BCUT2D eigenvalue weighted by atomic mass is 9.88. The van der Waals surface area contributed by atoms with E-state index in [1.54, 1.807) is 0 Å². The van der Waals surface area contributed by atoms with Gasteiger partial charge in [-0.3, -0.25) is 0 Å². The molecule has 0 aromatic heterocycles. The molecule has 0 saturated carbocycles. The third kappa shape index (κ3) is 8.89. The molecule has 0 aromatic rings. The summed E-state index contributed by atoms with van der Waals surface area (Å²) in [5.74, 6) is -0.931. The average molecular weight is 429 g/mol. The van der Waals surface area contributed by atoms with Gasteiger partial charge in [0.2, 0.25) is 0 Å². The van der Waals surface area contributed by atoms with E-state index >= 15 is 0 Å². The van der Waals surface area contributed by atoms with E-state index in [0.29, 0.717) is 30.9 Å². The highest BCUT2D eigenvalue weighted by molar-refractivity contribution is 5.33. The second-order valence-corrected chi connectivity index (χ2v) is 8.43. The van der Waals surface area contributed by atoms with Crippen LogP contribution in [0, 0.1) is 11.8 Å². The van der Waals surface area contributed by atoms with Crippen LogP contribution < -0.4 is 0 Å². The molecule has 0 spiro atoms. The Bertz CT molecular complexity index is 575. The predicted octanol–water partition coefficient (Wildman–Crippen LogP) is 7.44. The Balaban J connectivity index is 0.00000141. The van der Waals surface area contributed by atoms with Crippen molar-refractivity contribution in [3.05, 3.63) is 35.1 Å². The molecule has 1 heterocycles. The lowest BCUT2D eigenvalue weighted by Gasteiger charge is -2.28. The van der Waals surface area contributed by atoms with E-state index in [-0.39, 0.29) is 23.9 Å². The normalized spacial score (nSPS) is 24.5. The van der Waals surface area contributed by atoms with E-state index in [2.05, 4.69) is 26.0 Å². The van der Waals surface area contributed by atoms with E-state index in [9.17, 15) is 8.78 Å². The smallest absolute Gasteiger partial charge is 0.196 e. The van der Waals surface area contributed by atoms with Crippen LogP contribution in [0.2, 0.25) is 0 Å². The summed E-state index contributed by atoms with van der Waals surface area (Å²) >= 11 is 0. The van der Waals surface area contributed by atoms with Crippen LogP contribution in [0.1, 0.15) is 79.6 Å². The summed E-state index contributed by atoms with van der Waals surface area (Å²) in [6.45, 7) is 11.6. The van der Waals surface area contributed by atoms with Gasteiger partial charge in [-0.05, 0) is 57.4 Å². The van der Waals surface area contributed by atoms with Crippen molar-refractivity contribution in [2.75, 3.05) is 20.3 Å². The van der Waals surface area contributed by atoms with Gasteiger partial charge in [0.25, 0.3) is 0 Å². The molecule has 1 saturated heterocycles. The molecule has 174 valence electrons. The number of ether oxygens (including phenoxy) is 3. The van der Waals surface area contributed by atoms with Crippen LogP contribution in [0.15, 0.2) is 35.1 Å². The quantitative estimate of drug-likeness (QED) is 0.357. The van der Waals surface area contributed by atoms with Crippen LogP contribution in [-0.2, 0) is 14.2 Å².